The molecule has 17 heavy (non-hydrogen) atoms. The van der Waals surface area contributed by atoms with Crippen molar-refractivity contribution >= 4 is 0 Å². The molecular weight excluding hydrogens is 212 g/mol. The summed E-state index contributed by atoms with van der Waals surface area (Å²) >= 11 is 0. The third kappa shape index (κ3) is 2.08. The highest BCUT2D eigenvalue weighted by Crippen LogP contribution is 2.17. The molecule has 4 heteroatoms. The fraction of sp³-hybridized carbons (Fsp3) is 0.385. The maximum absolute atomic E-state index is 5.78. The number of aryl methyl sites for hydroxylation is 1. The maximum Gasteiger partial charge on any atom is 0.0832 e. The zero-order chi connectivity index (χ0) is 12.6. The molecule has 90 valence electrons. The van der Waals surface area contributed by atoms with Gasteiger partial charge in [0.15, 0.2) is 0 Å². The van der Waals surface area contributed by atoms with Crippen LogP contribution in [0.2, 0.25) is 0 Å². The number of nitrogens with zero attached hydrogens (tertiary/aromatic N) is 3. The highest BCUT2D eigenvalue weighted by molar-refractivity contribution is 5.35. The summed E-state index contributed by atoms with van der Waals surface area (Å²) in [5.74, 6) is 0. The molecule has 0 fully saturated rings. The minimum Gasteiger partial charge on any atom is -0.323 e. The van der Waals surface area contributed by atoms with E-state index in [0.29, 0.717) is 0 Å². The van der Waals surface area contributed by atoms with Gasteiger partial charge < -0.3 is 5.73 Å². The molecule has 0 spiro atoms. The summed E-state index contributed by atoms with van der Waals surface area (Å²) in [5, 5.41) is 4.50. The Morgan fingerprint density at radius 3 is 2.35 bits per heavy atom. The summed E-state index contributed by atoms with van der Waals surface area (Å²) in [4.78, 5) is 4.35. The Kier molecular flexibility index (Phi) is 2.98. The Bertz CT molecular complexity index is 523. The van der Waals surface area contributed by atoms with Gasteiger partial charge in [-0.3, -0.25) is 4.98 Å². The fourth-order valence-corrected chi connectivity index (χ4v) is 1.76. The van der Waals surface area contributed by atoms with E-state index in [1.54, 1.807) is 0 Å². The summed E-state index contributed by atoms with van der Waals surface area (Å²) < 4.78 is 1.92. The minimum atomic E-state index is -0.0359. The second-order valence-electron chi connectivity index (χ2n) is 4.44. The summed E-state index contributed by atoms with van der Waals surface area (Å²) in [7, 11) is 0. The highest BCUT2D eigenvalue weighted by Gasteiger charge is 2.09. The Hall–Kier alpha value is -1.68. The van der Waals surface area contributed by atoms with Crippen LogP contribution in [-0.2, 0) is 0 Å². The molecule has 1 atom stereocenters. The van der Waals surface area contributed by atoms with Crippen molar-refractivity contribution in [3.8, 4) is 5.69 Å². The van der Waals surface area contributed by atoms with Crippen LogP contribution in [0.15, 0.2) is 18.3 Å². The number of hydrogen-bond donors (Lipinski definition) is 1. The molecule has 0 bridgehead atoms. The Labute approximate surface area is 101 Å². The quantitative estimate of drug-likeness (QED) is 0.860. The molecule has 0 aliphatic heterocycles. The van der Waals surface area contributed by atoms with E-state index >= 15 is 0 Å². The van der Waals surface area contributed by atoms with Crippen LogP contribution in [0.1, 0.15) is 35.6 Å². The standard InChI is InChI=1S/C13H18N4/c1-8-10(3)16-17(11(8)4)12-5-6-13(9(2)14)15-7-12/h5-7,9H,14H2,1-4H3. The summed E-state index contributed by atoms with van der Waals surface area (Å²) in [6, 6.07) is 3.92. The van der Waals surface area contributed by atoms with Gasteiger partial charge >= 0.3 is 0 Å². The smallest absolute Gasteiger partial charge is 0.0832 e. The normalized spacial score (nSPS) is 12.8. The molecule has 2 rings (SSSR count). The molecule has 1 unspecified atom stereocenters. The topological polar surface area (TPSA) is 56.7 Å². The summed E-state index contributed by atoms with van der Waals surface area (Å²) in [5.41, 5.74) is 11.1. The number of rotatable bonds is 2. The number of nitrogens with two attached hydrogens (primary N) is 1. The number of hydrogen-bond acceptors (Lipinski definition) is 3. The van der Waals surface area contributed by atoms with Gasteiger partial charge in [-0.15, -0.1) is 0 Å². The Morgan fingerprint density at radius 1 is 1.24 bits per heavy atom. The summed E-state index contributed by atoms with van der Waals surface area (Å²) in [6.07, 6.45) is 1.82. The molecule has 2 aromatic rings. The van der Waals surface area contributed by atoms with Crippen molar-refractivity contribution in [3.63, 3.8) is 0 Å². The van der Waals surface area contributed by atoms with Crippen molar-refractivity contribution in [1.29, 1.82) is 0 Å². The lowest BCUT2D eigenvalue weighted by Crippen LogP contribution is -2.08. The van der Waals surface area contributed by atoms with Gasteiger partial charge in [0.05, 0.1) is 23.3 Å². The third-order valence-electron chi connectivity index (χ3n) is 3.13. The predicted octanol–water partition coefficient (Wildman–Crippen LogP) is 2.21. The van der Waals surface area contributed by atoms with Gasteiger partial charge in [0.2, 0.25) is 0 Å². The van der Waals surface area contributed by atoms with Gasteiger partial charge in [-0.25, -0.2) is 4.68 Å². The zero-order valence-corrected chi connectivity index (χ0v) is 10.7. The lowest BCUT2D eigenvalue weighted by molar-refractivity contribution is 0.770. The van der Waals surface area contributed by atoms with Crippen LogP contribution in [0.25, 0.3) is 5.69 Å². The van der Waals surface area contributed by atoms with Gasteiger partial charge in [-0.1, -0.05) is 0 Å². The molecule has 0 aliphatic rings. The Balaban J connectivity index is 2.43. The zero-order valence-electron chi connectivity index (χ0n) is 10.7. The van der Waals surface area contributed by atoms with E-state index in [0.717, 1.165) is 22.8 Å². The second kappa shape index (κ2) is 4.30. The molecule has 0 saturated carbocycles. The minimum absolute atomic E-state index is 0.0359. The summed E-state index contributed by atoms with van der Waals surface area (Å²) in [6.45, 7) is 8.09. The van der Waals surface area contributed by atoms with Crippen LogP contribution in [-0.4, -0.2) is 14.8 Å². The van der Waals surface area contributed by atoms with E-state index in [4.69, 9.17) is 5.73 Å². The Morgan fingerprint density at radius 2 is 1.94 bits per heavy atom. The first-order valence-electron chi connectivity index (χ1n) is 5.75. The third-order valence-corrected chi connectivity index (χ3v) is 3.13. The molecule has 0 amide bonds. The largest absolute Gasteiger partial charge is 0.323 e. The van der Waals surface area contributed by atoms with E-state index in [-0.39, 0.29) is 6.04 Å². The van der Waals surface area contributed by atoms with Crippen LogP contribution < -0.4 is 5.73 Å². The molecule has 2 aromatic heterocycles. The lowest BCUT2D eigenvalue weighted by Gasteiger charge is -2.07. The van der Waals surface area contributed by atoms with Crippen molar-refractivity contribution < 1.29 is 0 Å². The van der Waals surface area contributed by atoms with Crippen molar-refractivity contribution in [2.24, 2.45) is 5.73 Å². The maximum atomic E-state index is 5.78. The van der Waals surface area contributed by atoms with Crippen LogP contribution in [0, 0.1) is 20.8 Å². The molecule has 2 N–H and O–H groups in total. The first-order valence-corrected chi connectivity index (χ1v) is 5.75. The van der Waals surface area contributed by atoms with Crippen molar-refractivity contribution in [2.45, 2.75) is 33.7 Å². The van der Waals surface area contributed by atoms with Crippen molar-refractivity contribution in [3.05, 3.63) is 41.0 Å². The molecule has 0 saturated heterocycles. The van der Waals surface area contributed by atoms with Gasteiger partial charge in [0.25, 0.3) is 0 Å². The van der Waals surface area contributed by atoms with Crippen molar-refractivity contribution in [1.82, 2.24) is 14.8 Å². The van der Waals surface area contributed by atoms with Gasteiger partial charge in [0, 0.05) is 11.7 Å². The van der Waals surface area contributed by atoms with E-state index in [2.05, 4.69) is 23.9 Å². The van der Waals surface area contributed by atoms with Gasteiger partial charge in [-0.05, 0) is 45.4 Å². The van der Waals surface area contributed by atoms with Crippen LogP contribution in [0.4, 0.5) is 0 Å². The molecule has 0 aromatic carbocycles. The lowest BCUT2D eigenvalue weighted by atomic mass is 10.2. The van der Waals surface area contributed by atoms with E-state index in [9.17, 15) is 0 Å². The molecule has 2 heterocycles. The van der Waals surface area contributed by atoms with Crippen LogP contribution in [0.5, 0.6) is 0 Å². The fourth-order valence-electron chi connectivity index (χ4n) is 1.76. The average Bonchev–Trinajstić information content (AvgIpc) is 2.57. The molecular formula is C13H18N4. The van der Waals surface area contributed by atoms with Crippen LogP contribution in [0.3, 0.4) is 0 Å². The molecule has 0 radical (unpaired) electrons. The van der Waals surface area contributed by atoms with Crippen LogP contribution >= 0.6 is 0 Å². The average molecular weight is 230 g/mol. The number of pyridine rings is 1. The SMILES string of the molecule is Cc1nn(-c2ccc(C(C)N)nc2)c(C)c1C. The van der Waals surface area contributed by atoms with E-state index in [1.165, 1.54) is 5.56 Å². The van der Waals surface area contributed by atoms with E-state index in [1.807, 2.05) is 36.9 Å². The van der Waals surface area contributed by atoms with Crippen molar-refractivity contribution in [2.75, 3.05) is 0 Å². The first-order chi connectivity index (χ1) is 8.00. The van der Waals surface area contributed by atoms with Gasteiger partial charge in [-0.2, -0.15) is 5.10 Å². The number of aromatic nitrogens is 3. The second-order valence-corrected chi connectivity index (χ2v) is 4.44. The molecule has 4 nitrogen and oxygen atoms in total. The van der Waals surface area contributed by atoms with Gasteiger partial charge in [0.1, 0.15) is 0 Å². The molecule has 0 aliphatic carbocycles. The highest BCUT2D eigenvalue weighted by atomic mass is 15.3. The first kappa shape index (κ1) is 11.8. The predicted molar refractivity (Wildman–Crippen MR) is 68.2 cm³/mol. The monoisotopic (exact) mass is 230 g/mol. The van der Waals surface area contributed by atoms with E-state index < -0.39 is 0 Å².